The molecule has 0 spiro atoms. The van der Waals surface area contributed by atoms with Crippen molar-refractivity contribution < 1.29 is 24.5 Å². The van der Waals surface area contributed by atoms with Crippen LogP contribution in [0.4, 0.5) is 0 Å². The van der Waals surface area contributed by atoms with Gasteiger partial charge in [-0.15, -0.1) is 23.8 Å². The number of aromatic nitrogens is 4. The molecule has 0 N–H and O–H groups in total. The molecule has 1 radical (unpaired) electrons. The van der Waals surface area contributed by atoms with Crippen molar-refractivity contribution in [3.05, 3.63) is 54.7 Å². The number of hydrogen-bond acceptors (Lipinski definition) is 4. The molecule has 7 heteroatoms. The normalized spacial score (nSPS) is 11.5. The van der Waals surface area contributed by atoms with Crippen molar-refractivity contribution >= 4 is 24.4 Å². The van der Waals surface area contributed by atoms with Gasteiger partial charge in [0.2, 0.25) is 0 Å². The van der Waals surface area contributed by atoms with Gasteiger partial charge in [0.15, 0.2) is 5.89 Å². The summed E-state index contributed by atoms with van der Waals surface area (Å²) in [6.45, 7) is 8.84. The number of hydrogen-bond donors (Lipinski definition) is 0. The van der Waals surface area contributed by atoms with Crippen molar-refractivity contribution in [2.75, 3.05) is 0 Å². The van der Waals surface area contributed by atoms with Gasteiger partial charge in [-0.05, 0) is 11.3 Å². The molecule has 0 atom stereocenters. The van der Waals surface area contributed by atoms with Crippen molar-refractivity contribution in [1.29, 1.82) is 0 Å². The predicted octanol–water partition coefficient (Wildman–Crippen LogP) is 3.73. The second-order valence-electron chi connectivity index (χ2n) is 7.09. The molecule has 4 rings (SSSR count). The Hall–Kier alpha value is -2.08. The fraction of sp³-hybridized carbons (Fsp3) is 0.211. The zero-order valence-corrected chi connectivity index (χ0v) is 18.5. The molecule has 0 saturated heterocycles. The molecule has 5 nitrogen and oxygen atoms in total. The quantitative estimate of drug-likeness (QED) is 0.294. The van der Waals surface area contributed by atoms with Crippen molar-refractivity contribution in [3.63, 3.8) is 0 Å². The number of nitrogens with zero attached hydrogens (tertiary/aromatic N) is 4. The third kappa shape index (κ3) is 3.30. The Bertz CT molecular complexity index is 1060. The maximum atomic E-state index is 5.54. The van der Waals surface area contributed by atoms with E-state index in [1.807, 2.05) is 29.8 Å². The van der Waals surface area contributed by atoms with Crippen LogP contribution in [0.25, 0.3) is 28.2 Å². The number of aryl methyl sites for hydroxylation is 1. The Morgan fingerprint density at radius 1 is 1.15 bits per heavy atom. The molecule has 0 aliphatic rings. The number of oxazole rings is 1. The zero-order chi connectivity index (χ0) is 17.6. The van der Waals surface area contributed by atoms with Crippen molar-refractivity contribution in [3.8, 4) is 17.1 Å². The minimum Gasteiger partial charge on any atom is -0.488 e. The van der Waals surface area contributed by atoms with Crippen molar-refractivity contribution in [2.45, 2.75) is 26.6 Å². The molecule has 135 valence electrons. The van der Waals surface area contributed by atoms with Gasteiger partial charge in [-0.1, -0.05) is 37.8 Å². The molecule has 0 amide bonds. The Labute approximate surface area is 166 Å². The van der Waals surface area contributed by atoms with Gasteiger partial charge in [-0.3, -0.25) is 9.67 Å². The monoisotopic (exact) mass is 540 g/mol. The molecule has 2 aromatic carbocycles. The maximum Gasteiger partial charge on any atom is 0.180 e. The summed E-state index contributed by atoms with van der Waals surface area (Å²) in [5.74, 6) is 1.40. The smallest absolute Gasteiger partial charge is 0.180 e. The summed E-state index contributed by atoms with van der Waals surface area (Å²) < 4.78 is 7.44. The molecule has 26 heavy (non-hydrogen) atoms. The SMILES string of the molecule is Cc1nc2cc(-c3ncnn3-c3ccccc3[Si](C)(C)C)[c-]cc2o1.[Ir]. The standard InChI is InChI=1S/C19H19N4OSi.Ir/c1-13-22-15-11-14(9-10-17(15)24-13)19-20-12-21-23(19)16-7-5-6-8-18(16)25(2,3)4;/h5-8,10-12H,1-4H3;/q-1;. The van der Waals surface area contributed by atoms with Crippen molar-refractivity contribution in [2.24, 2.45) is 0 Å². The summed E-state index contributed by atoms with van der Waals surface area (Å²) in [5.41, 5.74) is 3.47. The Morgan fingerprint density at radius 3 is 2.69 bits per heavy atom. The predicted molar refractivity (Wildman–Crippen MR) is 101 cm³/mol. The van der Waals surface area contributed by atoms with E-state index in [-0.39, 0.29) is 20.1 Å². The average Bonchev–Trinajstić information content (AvgIpc) is 3.18. The van der Waals surface area contributed by atoms with E-state index in [0.717, 1.165) is 28.2 Å². The molecular formula is C19H19IrN4OSi-. The van der Waals surface area contributed by atoms with Crippen molar-refractivity contribution in [1.82, 2.24) is 19.7 Å². The zero-order valence-electron chi connectivity index (χ0n) is 15.1. The van der Waals surface area contributed by atoms with Gasteiger partial charge in [0.1, 0.15) is 6.33 Å². The summed E-state index contributed by atoms with van der Waals surface area (Å²) in [6.07, 6.45) is 1.59. The molecule has 2 aromatic heterocycles. The molecule has 4 aromatic rings. The Balaban J connectivity index is 0.00000196. The Kier molecular flexibility index (Phi) is 4.97. The van der Waals surface area contributed by atoms with E-state index in [0.29, 0.717) is 5.89 Å². The van der Waals surface area contributed by atoms with Gasteiger partial charge < -0.3 is 4.42 Å². The first-order valence-corrected chi connectivity index (χ1v) is 11.7. The first-order chi connectivity index (χ1) is 11.9. The maximum absolute atomic E-state index is 5.54. The largest absolute Gasteiger partial charge is 0.488 e. The minimum atomic E-state index is -1.52. The van der Waals surface area contributed by atoms with E-state index in [1.165, 1.54) is 5.19 Å². The van der Waals surface area contributed by atoms with Crippen LogP contribution in [-0.4, -0.2) is 27.8 Å². The summed E-state index contributed by atoms with van der Waals surface area (Å²) in [7, 11) is -1.52. The summed E-state index contributed by atoms with van der Waals surface area (Å²) in [4.78, 5) is 8.88. The van der Waals surface area contributed by atoms with Crippen LogP contribution in [0.5, 0.6) is 0 Å². The van der Waals surface area contributed by atoms with Gasteiger partial charge >= 0.3 is 0 Å². The van der Waals surface area contributed by atoms with E-state index in [4.69, 9.17) is 4.42 Å². The third-order valence-corrected chi connectivity index (χ3v) is 6.20. The fourth-order valence-corrected chi connectivity index (χ4v) is 4.56. The van der Waals surface area contributed by atoms with Gasteiger partial charge in [0, 0.05) is 32.5 Å². The molecule has 0 unspecified atom stereocenters. The van der Waals surface area contributed by atoms with Crippen LogP contribution in [0, 0.1) is 13.0 Å². The molecule has 0 aliphatic heterocycles. The van der Waals surface area contributed by atoms with Crippen LogP contribution < -0.4 is 5.19 Å². The summed E-state index contributed by atoms with van der Waals surface area (Å²) in [5, 5.41) is 5.83. The van der Waals surface area contributed by atoms with Gasteiger partial charge in [0.05, 0.1) is 25.2 Å². The summed E-state index contributed by atoms with van der Waals surface area (Å²) in [6, 6.07) is 15.4. The number of rotatable bonds is 3. The molecule has 0 aliphatic carbocycles. The van der Waals surface area contributed by atoms with Crippen LogP contribution in [0.1, 0.15) is 5.89 Å². The van der Waals surface area contributed by atoms with E-state index < -0.39 is 8.07 Å². The second kappa shape index (κ2) is 6.91. The van der Waals surface area contributed by atoms with Crippen LogP contribution in [-0.2, 0) is 20.1 Å². The average molecular weight is 540 g/mol. The van der Waals surface area contributed by atoms with Crippen LogP contribution in [0.3, 0.4) is 0 Å². The molecule has 0 bridgehead atoms. The number of fused-ring (bicyclic) bond motifs is 1. The Morgan fingerprint density at radius 2 is 1.92 bits per heavy atom. The number of benzene rings is 2. The molecule has 2 heterocycles. The molecule has 0 saturated carbocycles. The number of para-hydroxylation sites is 1. The fourth-order valence-electron chi connectivity index (χ4n) is 3.01. The van der Waals surface area contributed by atoms with Crippen LogP contribution in [0.15, 0.2) is 47.1 Å². The summed E-state index contributed by atoms with van der Waals surface area (Å²) >= 11 is 0. The van der Waals surface area contributed by atoms with Gasteiger partial charge in [0.25, 0.3) is 0 Å². The molecule has 0 fully saturated rings. The molecular weight excluding hydrogens is 521 g/mol. The topological polar surface area (TPSA) is 56.7 Å². The third-order valence-electron chi connectivity index (χ3n) is 4.16. The minimum absolute atomic E-state index is 0. The van der Waals surface area contributed by atoms with Gasteiger partial charge in [-0.25, -0.2) is 4.98 Å². The van der Waals surface area contributed by atoms with Crippen LogP contribution in [0.2, 0.25) is 19.6 Å². The first kappa shape index (κ1) is 18.7. The first-order valence-electron chi connectivity index (χ1n) is 8.22. The second-order valence-corrected chi connectivity index (χ2v) is 12.1. The van der Waals surface area contributed by atoms with E-state index in [1.54, 1.807) is 6.33 Å². The van der Waals surface area contributed by atoms with E-state index in [9.17, 15) is 0 Å². The van der Waals surface area contributed by atoms with E-state index in [2.05, 4.69) is 59.0 Å². The van der Waals surface area contributed by atoms with E-state index >= 15 is 0 Å². The van der Waals surface area contributed by atoms with Crippen LogP contribution >= 0.6 is 0 Å². The van der Waals surface area contributed by atoms with Gasteiger partial charge in [-0.2, -0.15) is 5.10 Å².